The van der Waals surface area contributed by atoms with E-state index in [1.165, 1.54) is 10.9 Å². The molecule has 1 aromatic carbocycles. The summed E-state index contributed by atoms with van der Waals surface area (Å²) in [6.45, 7) is 0. The molecule has 0 spiro atoms. The Balaban J connectivity index is 0.000000720. The minimum absolute atomic E-state index is 0. The zero-order valence-corrected chi connectivity index (χ0v) is 10.2. The molecule has 64 valence electrons. The van der Waals surface area contributed by atoms with E-state index in [4.69, 9.17) is 11.6 Å². The molecule has 1 heterocycles. The van der Waals surface area contributed by atoms with E-state index in [9.17, 15) is 0 Å². The summed E-state index contributed by atoms with van der Waals surface area (Å²) in [5.74, 6) is 0. The normalized spacial score (nSPS) is 9.83. The third-order valence-corrected chi connectivity index (χ3v) is 2.77. The zero-order chi connectivity index (χ0) is 7.84. The summed E-state index contributed by atoms with van der Waals surface area (Å²) in [5.41, 5.74) is 1.24. The molecule has 0 amide bonds. The van der Waals surface area contributed by atoms with Gasteiger partial charge in [-0.3, -0.25) is 0 Å². The standard InChI is InChI=1S/C8H7ClNS.HI/c1-10-8-3-2-7(9)4-6(8)5-11-10;/h2-5H,1H3;1H/q+1;/p-1. The first-order chi connectivity index (χ1) is 5.27. The fraction of sp³-hybridized carbons (Fsp3) is 0.125. The summed E-state index contributed by atoms with van der Waals surface area (Å²) >= 11 is 7.51. The largest absolute Gasteiger partial charge is 1.00 e. The van der Waals surface area contributed by atoms with Crippen LogP contribution in [0.25, 0.3) is 10.9 Å². The van der Waals surface area contributed by atoms with Gasteiger partial charge in [-0.15, -0.1) is 3.96 Å². The number of fused-ring (bicyclic) bond motifs is 1. The first kappa shape index (κ1) is 10.2. The van der Waals surface area contributed by atoms with Crippen LogP contribution in [-0.4, -0.2) is 0 Å². The Labute approximate surface area is 97.1 Å². The Hall–Kier alpha value is 0.130. The highest BCUT2D eigenvalue weighted by molar-refractivity contribution is 7.00. The Kier molecular flexibility index (Phi) is 3.31. The van der Waals surface area contributed by atoms with Crippen LogP contribution in [-0.2, 0) is 7.05 Å². The molecule has 0 unspecified atom stereocenters. The van der Waals surface area contributed by atoms with Gasteiger partial charge in [0.15, 0.2) is 7.05 Å². The first-order valence-corrected chi connectivity index (χ1v) is 4.52. The monoisotopic (exact) mass is 311 g/mol. The van der Waals surface area contributed by atoms with Gasteiger partial charge in [-0.05, 0) is 12.1 Å². The van der Waals surface area contributed by atoms with E-state index in [2.05, 4.69) is 9.34 Å². The van der Waals surface area contributed by atoms with Crippen LogP contribution in [0.3, 0.4) is 0 Å². The molecule has 0 atom stereocenters. The molecular weight excluding hydrogens is 305 g/mol. The second kappa shape index (κ2) is 3.89. The van der Waals surface area contributed by atoms with Crippen LogP contribution in [0.15, 0.2) is 23.6 Å². The molecule has 1 nitrogen and oxygen atoms in total. The molecule has 12 heavy (non-hydrogen) atoms. The molecule has 0 bridgehead atoms. The van der Waals surface area contributed by atoms with Crippen molar-refractivity contribution in [2.75, 3.05) is 0 Å². The summed E-state index contributed by atoms with van der Waals surface area (Å²) in [6.07, 6.45) is 0. The predicted octanol–water partition coefficient (Wildman–Crippen LogP) is -0.617. The van der Waals surface area contributed by atoms with Crippen LogP contribution in [0.4, 0.5) is 0 Å². The van der Waals surface area contributed by atoms with Crippen LogP contribution in [0.5, 0.6) is 0 Å². The lowest BCUT2D eigenvalue weighted by atomic mass is 10.3. The van der Waals surface area contributed by atoms with E-state index in [1.807, 2.05) is 25.2 Å². The quantitative estimate of drug-likeness (QED) is 0.451. The summed E-state index contributed by atoms with van der Waals surface area (Å²) in [4.78, 5) is 0. The van der Waals surface area contributed by atoms with Crippen LogP contribution in [0, 0.1) is 0 Å². The fourth-order valence-corrected chi connectivity index (χ4v) is 2.02. The predicted molar refractivity (Wildman–Crippen MR) is 48.0 cm³/mol. The van der Waals surface area contributed by atoms with E-state index >= 15 is 0 Å². The first-order valence-electron chi connectivity index (χ1n) is 3.30. The molecule has 4 heteroatoms. The highest BCUT2D eigenvalue weighted by atomic mass is 127. The van der Waals surface area contributed by atoms with Crippen LogP contribution in [0.1, 0.15) is 0 Å². The number of aromatic nitrogens is 1. The average Bonchev–Trinajstić information content (AvgIpc) is 2.32. The van der Waals surface area contributed by atoms with Crippen molar-refractivity contribution in [1.29, 1.82) is 0 Å². The van der Waals surface area contributed by atoms with Gasteiger partial charge in [0.1, 0.15) is 11.5 Å². The van der Waals surface area contributed by atoms with Gasteiger partial charge in [-0.25, -0.2) is 0 Å². The smallest absolute Gasteiger partial charge is 0.226 e. The van der Waals surface area contributed by atoms with Crippen molar-refractivity contribution in [1.82, 2.24) is 0 Å². The molecule has 2 rings (SSSR count). The van der Waals surface area contributed by atoms with Crippen molar-refractivity contribution in [2.24, 2.45) is 7.05 Å². The lowest BCUT2D eigenvalue weighted by molar-refractivity contribution is -0.573. The van der Waals surface area contributed by atoms with Crippen molar-refractivity contribution in [3.63, 3.8) is 0 Å². The van der Waals surface area contributed by atoms with Crippen molar-refractivity contribution < 1.29 is 27.9 Å². The molecule has 1 aromatic heterocycles. The second-order valence-electron chi connectivity index (χ2n) is 2.42. The molecule has 0 saturated carbocycles. The van der Waals surface area contributed by atoms with Gasteiger partial charge in [0.2, 0.25) is 5.52 Å². The summed E-state index contributed by atoms with van der Waals surface area (Å²) in [5, 5.41) is 4.11. The van der Waals surface area contributed by atoms with Gasteiger partial charge in [0.05, 0.1) is 10.8 Å². The van der Waals surface area contributed by atoms with Gasteiger partial charge < -0.3 is 24.0 Å². The van der Waals surface area contributed by atoms with E-state index < -0.39 is 0 Å². The maximum Gasteiger partial charge on any atom is 0.226 e. The third-order valence-electron chi connectivity index (χ3n) is 1.67. The van der Waals surface area contributed by atoms with E-state index in [1.54, 1.807) is 11.5 Å². The summed E-state index contributed by atoms with van der Waals surface area (Å²) in [6, 6.07) is 5.93. The molecule has 0 fully saturated rings. The Morgan fingerprint density at radius 2 is 2.17 bits per heavy atom. The van der Waals surface area contributed by atoms with Gasteiger partial charge in [-0.2, -0.15) is 0 Å². The molecule has 0 aliphatic rings. The number of rotatable bonds is 0. The molecule has 0 radical (unpaired) electrons. The third kappa shape index (κ3) is 1.72. The lowest BCUT2D eigenvalue weighted by Gasteiger charge is -1.85. The van der Waals surface area contributed by atoms with Crippen molar-refractivity contribution in [2.45, 2.75) is 0 Å². The van der Waals surface area contributed by atoms with Crippen molar-refractivity contribution >= 4 is 34.0 Å². The van der Waals surface area contributed by atoms with Gasteiger partial charge in [0.25, 0.3) is 0 Å². The molecule has 0 saturated heterocycles. The minimum atomic E-state index is 0. The van der Waals surface area contributed by atoms with E-state index in [0.717, 1.165) is 5.02 Å². The van der Waals surface area contributed by atoms with E-state index in [-0.39, 0.29) is 24.0 Å². The number of benzene rings is 1. The highest BCUT2D eigenvalue weighted by Gasteiger charge is 2.06. The molecule has 0 aliphatic carbocycles. The Morgan fingerprint density at radius 3 is 2.92 bits per heavy atom. The maximum atomic E-state index is 5.82. The van der Waals surface area contributed by atoms with Crippen LogP contribution < -0.4 is 27.9 Å². The SMILES string of the molecule is C[n+]1scc2cc(Cl)ccc21.[I-]. The summed E-state index contributed by atoms with van der Waals surface area (Å²) < 4.78 is 2.12. The number of aryl methyl sites for hydroxylation is 1. The minimum Gasteiger partial charge on any atom is -1.00 e. The number of halogens is 2. The fourth-order valence-electron chi connectivity index (χ4n) is 1.10. The topological polar surface area (TPSA) is 3.88 Å². The Morgan fingerprint density at radius 1 is 1.42 bits per heavy atom. The number of nitrogens with zero attached hydrogens (tertiary/aromatic N) is 1. The van der Waals surface area contributed by atoms with E-state index in [0.29, 0.717) is 0 Å². The second-order valence-corrected chi connectivity index (χ2v) is 3.85. The lowest BCUT2D eigenvalue weighted by Crippen LogP contribution is -3.00. The summed E-state index contributed by atoms with van der Waals surface area (Å²) in [7, 11) is 2.04. The van der Waals surface area contributed by atoms with Crippen molar-refractivity contribution in [3.8, 4) is 0 Å². The zero-order valence-electron chi connectivity index (χ0n) is 6.42. The Bertz CT molecular complexity index is 399. The average molecular weight is 312 g/mol. The molecule has 2 aromatic rings. The van der Waals surface area contributed by atoms with Crippen LogP contribution >= 0.6 is 23.1 Å². The number of hydrogen-bond acceptors (Lipinski definition) is 1. The van der Waals surface area contributed by atoms with Crippen molar-refractivity contribution in [3.05, 3.63) is 28.6 Å². The van der Waals surface area contributed by atoms with Crippen LogP contribution in [0.2, 0.25) is 5.02 Å². The van der Waals surface area contributed by atoms with Gasteiger partial charge >= 0.3 is 0 Å². The molecule has 0 aliphatic heterocycles. The molecular formula is C8H7ClINS. The maximum absolute atomic E-state index is 5.82. The highest BCUT2D eigenvalue weighted by Crippen LogP contribution is 2.17. The van der Waals surface area contributed by atoms with Gasteiger partial charge in [0, 0.05) is 11.1 Å². The number of hydrogen-bond donors (Lipinski definition) is 0. The molecule has 0 N–H and O–H groups in total. The van der Waals surface area contributed by atoms with Gasteiger partial charge in [-0.1, -0.05) is 11.6 Å².